The molecule has 0 saturated heterocycles. The SMILES string of the molecule is COC(=O)c1ccnc(-c2ccc(OC)cc2F)c1F. The molecule has 0 aliphatic heterocycles. The number of hydrogen-bond acceptors (Lipinski definition) is 4. The van der Waals surface area contributed by atoms with Crippen LogP contribution in [-0.4, -0.2) is 25.2 Å². The Morgan fingerprint density at radius 2 is 1.95 bits per heavy atom. The first-order valence-corrected chi connectivity index (χ1v) is 5.65. The van der Waals surface area contributed by atoms with Gasteiger partial charge in [-0.05, 0) is 18.2 Å². The molecule has 1 aromatic carbocycles. The number of rotatable bonds is 3. The maximum absolute atomic E-state index is 14.2. The lowest BCUT2D eigenvalue weighted by molar-refractivity contribution is 0.0595. The van der Waals surface area contributed by atoms with E-state index in [4.69, 9.17) is 4.74 Å². The molecular weight excluding hydrogens is 268 g/mol. The first kappa shape index (κ1) is 13.9. The van der Waals surface area contributed by atoms with Gasteiger partial charge in [-0.1, -0.05) is 0 Å². The molecule has 0 aliphatic carbocycles. The Hall–Kier alpha value is -2.50. The summed E-state index contributed by atoms with van der Waals surface area (Å²) in [6.45, 7) is 0. The van der Waals surface area contributed by atoms with Crippen LogP contribution in [0.2, 0.25) is 0 Å². The number of ether oxygens (including phenoxy) is 2. The number of halogens is 2. The molecule has 0 radical (unpaired) electrons. The summed E-state index contributed by atoms with van der Waals surface area (Å²) in [6.07, 6.45) is 1.22. The van der Waals surface area contributed by atoms with Crippen LogP contribution in [0.3, 0.4) is 0 Å². The van der Waals surface area contributed by atoms with Gasteiger partial charge in [-0.15, -0.1) is 0 Å². The molecule has 0 fully saturated rings. The van der Waals surface area contributed by atoms with E-state index in [1.165, 1.54) is 31.5 Å². The maximum Gasteiger partial charge on any atom is 0.340 e. The van der Waals surface area contributed by atoms with Crippen LogP contribution in [0, 0.1) is 11.6 Å². The molecular formula is C14H11F2NO3. The zero-order chi connectivity index (χ0) is 14.7. The first-order valence-electron chi connectivity index (χ1n) is 5.65. The minimum atomic E-state index is -0.927. The van der Waals surface area contributed by atoms with Gasteiger partial charge in [-0.2, -0.15) is 0 Å². The average Bonchev–Trinajstić information content (AvgIpc) is 2.47. The van der Waals surface area contributed by atoms with Gasteiger partial charge in [0.15, 0.2) is 5.82 Å². The van der Waals surface area contributed by atoms with Gasteiger partial charge in [0.2, 0.25) is 0 Å². The fraction of sp³-hybridized carbons (Fsp3) is 0.143. The molecule has 4 nitrogen and oxygen atoms in total. The number of esters is 1. The molecule has 6 heteroatoms. The fourth-order valence-corrected chi connectivity index (χ4v) is 1.71. The molecule has 1 heterocycles. The van der Waals surface area contributed by atoms with Gasteiger partial charge in [-0.25, -0.2) is 13.6 Å². The summed E-state index contributed by atoms with van der Waals surface area (Å²) in [7, 11) is 2.53. The van der Waals surface area contributed by atoms with Gasteiger partial charge in [-0.3, -0.25) is 4.98 Å². The molecule has 0 atom stereocenters. The van der Waals surface area contributed by atoms with Gasteiger partial charge in [0, 0.05) is 17.8 Å². The largest absolute Gasteiger partial charge is 0.497 e. The number of hydrogen-bond donors (Lipinski definition) is 0. The number of benzene rings is 1. The van der Waals surface area contributed by atoms with E-state index in [1.807, 2.05) is 0 Å². The molecule has 2 rings (SSSR count). The van der Waals surface area contributed by atoms with Gasteiger partial charge in [0.05, 0.1) is 19.8 Å². The first-order chi connectivity index (χ1) is 9.58. The molecule has 0 N–H and O–H groups in total. The molecule has 2 aromatic rings. The predicted octanol–water partition coefficient (Wildman–Crippen LogP) is 2.82. The lowest BCUT2D eigenvalue weighted by Crippen LogP contribution is -2.07. The molecule has 104 valence electrons. The van der Waals surface area contributed by atoms with E-state index >= 15 is 0 Å². The second-order valence-corrected chi connectivity index (χ2v) is 3.86. The lowest BCUT2D eigenvalue weighted by atomic mass is 10.1. The Balaban J connectivity index is 2.56. The van der Waals surface area contributed by atoms with Crippen molar-refractivity contribution in [2.45, 2.75) is 0 Å². The van der Waals surface area contributed by atoms with E-state index in [2.05, 4.69) is 9.72 Å². The van der Waals surface area contributed by atoms with Crippen molar-refractivity contribution in [1.29, 1.82) is 0 Å². The Morgan fingerprint density at radius 1 is 1.20 bits per heavy atom. The minimum absolute atomic E-state index is 0.0611. The van der Waals surface area contributed by atoms with Crippen LogP contribution in [0.5, 0.6) is 5.75 Å². The predicted molar refractivity (Wildman–Crippen MR) is 67.5 cm³/mol. The Labute approximate surface area is 114 Å². The summed E-state index contributed by atoms with van der Waals surface area (Å²) in [6, 6.07) is 5.10. The van der Waals surface area contributed by atoms with Crippen molar-refractivity contribution in [3.8, 4) is 17.0 Å². The molecule has 0 amide bonds. The van der Waals surface area contributed by atoms with Crippen molar-refractivity contribution in [3.05, 3.63) is 47.7 Å². The van der Waals surface area contributed by atoms with Crippen LogP contribution in [0.15, 0.2) is 30.5 Å². The quantitative estimate of drug-likeness (QED) is 0.811. The molecule has 0 bridgehead atoms. The Morgan fingerprint density at radius 3 is 2.55 bits per heavy atom. The molecule has 0 aliphatic rings. The number of aromatic nitrogens is 1. The van der Waals surface area contributed by atoms with Gasteiger partial charge >= 0.3 is 5.97 Å². The van der Waals surface area contributed by atoms with Gasteiger partial charge in [0.25, 0.3) is 0 Å². The Kier molecular flexibility index (Phi) is 3.93. The van der Waals surface area contributed by atoms with Gasteiger partial charge in [0.1, 0.15) is 17.3 Å². The summed E-state index contributed by atoms with van der Waals surface area (Å²) in [5, 5.41) is 0. The highest BCUT2D eigenvalue weighted by Crippen LogP contribution is 2.28. The minimum Gasteiger partial charge on any atom is -0.497 e. The highest BCUT2D eigenvalue weighted by Gasteiger charge is 2.19. The third-order valence-electron chi connectivity index (χ3n) is 2.73. The highest BCUT2D eigenvalue weighted by molar-refractivity contribution is 5.90. The monoisotopic (exact) mass is 279 g/mol. The number of carbonyl (C=O) groups excluding carboxylic acids is 1. The third-order valence-corrected chi connectivity index (χ3v) is 2.73. The summed E-state index contributed by atoms with van der Waals surface area (Å²) < 4.78 is 37.4. The van der Waals surface area contributed by atoms with Crippen molar-refractivity contribution in [2.75, 3.05) is 14.2 Å². The maximum atomic E-state index is 14.2. The van der Waals surface area contributed by atoms with E-state index in [-0.39, 0.29) is 16.8 Å². The topological polar surface area (TPSA) is 48.4 Å². The smallest absolute Gasteiger partial charge is 0.340 e. The lowest BCUT2D eigenvalue weighted by Gasteiger charge is -2.08. The van der Waals surface area contributed by atoms with Crippen molar-refractivity contribution >= 4 is 5.97 Å². The molecule has 0 unspecified atom stereocenters. The summed E-state index contributed by atoms with van der Waals surface area (Å²) in [4.78, 5) is 15.2. The van der Waals surface area contributed by atoms with Crippen molar-refractivity contribution in [3.63, 3.8) is 0 Å². The average molecular weight is 279 g/mol. The van der Waals surface area contributed by atoms with Gasteiger partial charge < -0.3 is 9.47 Å². The van der Waals surface area contributed by atoms with E-state index in [1.54, 1.807) is 0 Å². The van der Waals surface area contributed by atoms with Crippen molar-refractivity contribution in [1.82, 2.24) is 4.98 Å². The molecule has 0 spiro atoms. The van der Waals surface area contributed by atoms with Crippen molar-refractivity contribution in [2.24, 2.45) is 0 Å². The van der Waals surface area contributed by atoms with E-state index in [9.17, 15) is 13.6 Å². The standard InChI is InChI=1S/C14H11F2NO3/c1-19-8-3-4-9(11(15)7-8)13-12(16)10(5-6-17-13)14(18)20-2/h3-7H,1-2H3. The van der Waals surface area contributed by atoms with Crippen LogP contribution in [0.4, 0.5) is 8.78 Å². The third kappa shape index (κ3) is 2.45. The van der Waals surface area contributed by atoms with E-state index < -0.39 is 17.6 Å². The molecule has 1 aromatic heterocycles. The van der Waals surface area contributed by atoms with Crippen molar-refractivity contribution < 1.29 is 23.0 Å². The normalized spacial score (nSPS) is 10.2. The number of pyridine rings is 1. The van der Waals surface area contributed by atoms with E-state index in [0.717, 1.165) is 13.2 Å². The summed E-state index contributed by atoms with van der Waals surface area (Å²) >= 11 is 0. The van der Waals surface area contributed by atoms with Crippen LogP contribution in [0.25, 0.3) is 11.3 Å². The van der Waals surface area contributed by atoms with Crippen LogP contribution in [0.1, 0.15) is 10.4 Å². The zero-order valence-corrected chi connectivity index (χ0v) is 10.8. The number of carbonyl (C=O) groups is 1. The van der Waals surface area contributed by atoms with Crippen LogP contribution in [-0.2, 0) is 4.74 Å². The summed E-state index contributed by atoms with van der Waals surface area (Å²) in [5.74, 6) is -2.17. The molecule has 20 heavy (non-hydrogen) atoms. The fourth-order valence-electron chi connectivity index (χ4n) is 1.71. The van der Waals surface area contributed by atoms with Crippen LogP contribution < -0.4 is 4.74 Å². The molecule has 0 saturated carbocycles. The van der Waals surface area contributed by atoms with Crippen LogP contribution >= 0.6 is 0 Å². The number of nitrogens with zero attached hydrogens (tertiary/aromatic N) is 1. The highest BCUT2D eigenvalue weighted by atomic mass is 19.1. The van der Waals surface area contributed by atoms with E-state index in [0.29, 0.717) is 5.75 Å². The number of methoxy groups -OCH3 is 2. The zero-order valence-electron chi connectivity index (χ0n) is 10.8. The Bertz CT molecular complexity index is 659. The second kappa shape index (κ2) is 5.64. The second-order valence-electron chi connectivity index (χ2n) is 3.86. The summed E-state index contributed by atoms with van der Waals surface area (Å²) in [5.41, 5.74) is -0.616.